The summed E-state index contributed by atoms with van der Waals surface area (Å²) >= 11 is 5.85. The molecule has 0 aliphatic carbocycles. The second-order valence-electron chi connectivity index (χ2n) is 6.49. The molecule has 1 rings (SSSR count). The van der Waals surface area contributed by atoms with E-state index in [1.165, 1.54) is 0 Å². The van der Waals surface area contributed by atoms with Crippen molar-refractivity contribution in [2.75, 3.05) is 6.54 Å². The van der Waals surface area contributed by atoms with Gasteiger partial charge >= 0.3 is 0 Å². The first kappa shape index (κ1) is 19.5. The van der Waals surface area contributed by atoms with E-state index >= 15 is 0 Å². The van der Waals surface area contributed by atoms with Crippen LogP contribution in [-0.4, -0.2) is 23.9 Å². The van der Waals surface area contributed by atoms with Crippen LogP contribution in [0.3, 0.4) is 0 Å². The van der Waals surface area contributed by atoms with Gasteiger partial charge in [-0.15, -0.1) is 0 Å². The van der Waals surface area contributed by atoms with Crippen LogP contribution in [0.15, 0.2) is 24.3 Å². The molecule has 0 saturated heterocycles. The van der Waals surface area contributed by atoms with Crippen LogP contribution < -0.4 is 16.4 Å². The molecule has 1 aromatic carbocycles. The van der Waals surface area contributed by atoms with Gasteiger partial charge in [-0.05, 0) is 43.9 Å². The highest BCUT2D eigenvalue weighted by atomic mass is 35.5. The van der Waals surface area contributed by atoms with E-state index in [2.05, 4.69) is 10.6 Å². The average molecular weight is 340 g/mol. The van der Waals surface area contributed by atoms with Crippen LogP contribution >= 0.6 is 11.6 Å². The minimum atomic E-state index is -0.894. The summed E-state index contributed by atoms with van der Waals surface area (Å²) in [5.41, 5.74) is 5.53. The van der Waals surface area contributed by atoms with E-state index < -0.39 is 11.4 Å². The molecule has 6 heteroatoms. The van der Waals surface area contributed by atoms with Crippen LogP contribution in [0.4, 0.5) is 0 Å². The highest BCUT2D eigenvalue weighted by molar-refractivity contribution is 6.30. The molecule has 0 spiro atoms. The zero-order valence-corrected chi connectivity index (χ0v) is 14.9. The normalized spacial score (nSPS) is 15.0. The lowest BCUT2D eigenvalue weighted by molar-refractivity contribution is -0.125. The number of halogens is 1. The van der Waals surface area contributed by atoms with Gasteiger partial charge in [-0.1, -0.05) is 37.6 Å². The van der Waals surface area contributed by atoms with Gasteiger partial charge in [0.1, 0.15) is 0 Å². The van der Waals surface area contributed by atoms with E-state index in [9.17, 15) is 9.59 Å². The Kier molecular flexibility index (Phi) is 7.03. The summed E-state index contributed by atoms with van der Waals surface area (Å²) in [7, 11) is 0. The van der Waals surface area contributed by atoms with Crippen LogP contribution in [0.5, 0.6) is 0 Å². The Morgan fingerprint density at radius 1 is 1.22 bits per heavy atom. The highest BCUT2D eigenvalue weighted by Crippen LogP contribution is 2.17. The van der Waals surface area contributed by atoms with E-state index in [1.807, 2.05) is 32.9 Å². The van der Waals surface area contributed by atoms with E-state index in [0.717, 1.165) is 5.56 Å². The Labute approximate surface area is 143 Å². The third-order valence-corrected chi connectivity index (χ3v) is 4.00. The second kappa shape index (κ2) is 8.31. The van der Waals surface area contributed by atoms with Gasteiger partial charge in [0, 0.05) is 5.02 Å². The number of hydrogen-bond donors (Lipinski definition) is 3. The zero-order valence-electron chi connectivity index (χ0n) is 14.2. The van der Waals surface area contributed by atoms with Gasteiger partial charge in [-0.2, -0.15) is 0 Å². The van der Waals surface area contributed by atoms with E-state index in [4.69, 9.17) is 17.3 Å². The number of amides is 2. The number of nitrogens with one attached hydrogen (secondary N) is 2. The monoisotopic (exact) mass is 339 g/mol. The highest BCUT2D eigenvalue weighted by Gasteiger charge is 2.31. The quantitative estimate of drug-likeness (QED) is 0.680. The van der Waals surface area contributed by atoms with Crippen molar-refractivity contribution in [1.82, 2.24) is 10.6 Å². The predicted octanol–water partition coefficient (Wildman–Crippen LogP) is 2.40. The van der Waals surface area contributed by atoms with Crippen molar-refractivity contribution >= 4 is 23.4 Å². The molecule has 0 fully saturated rings. The van der Waals surface area contributed by atoms with Gasteiger partial charge in [-0.3, -0.25) is 14.9 Å². The van der Waals surface area contributed by atoms with E-state index in [-0.39, 0.29) is 24.4 Å². The first-order chi connectivity index (χ1) is 10.6. The van der Waals surface area contributed by atoms with Crippen LogP contribution in [0.25, 0.3) is 0 Å². The van der Waals surface area contributed by atoms with Crippen LogP contribution in [-0.2, 0) is 9.59 Å². The van der Waals surface area contributed by atoms with Crippen LogP contribution in [0.1, 0.15) is 45.7 Å². The predicted molar refractivity (Wildman–Crippen MR) is 93.1 cm³/mol. The van der Waals surface area contributed by atoms with Crippen molar-refractivity contribution in [3.63, 3.8) is 0 Å². The number of carbonyl (C=O) groups is 2. The fourth-order valence-corrected chi connectivity index (χ4v) is 2.61. The van der Waals surface area contributed by atoms with Crippen LogP contribution in [0.2, 0.25) is 5.02 Å². The Balaban J connectivity index is 2.58. The summed E-state index contributed by atoms with van der Waals surface area (Å²) in [5.74, 6) is -0.357. The third kappa shape index (κ3) is 6.20. The molecule has 5 nitrogen and oxygen atoms in total. The second-order valence-corrected chi connectivity index (χ2v) is 6.93. The van der Waals surface area contributed by atoms with Crippen molar-refractivity contribution < 1.29 is 9.59 Å². The first-order valence-corrected chi connectivity index (χ1v) is 8.11. The molecule has 23 heavy (non-hydrogen) atoms. The SMILES string of the molecule is CC(C)C[C@](C)(NCC(=O)N[C@@H](C)c1ccc(Cl)cc1)C(N)=O. The summed E-state index contributed by atoms with van der Waals surface area (Å²) in [6.45, 7) is 7.66. The fourth-order valence-electron chi connectivity index (χ4n) is 2.48. The fraction of sp³-hybridized carbons (Fsp3) is 0.529. The number of rotatable bonds is 8. The summed E-state index contributed by atoms with van der Waals surface area (Å²) in [6.07, 6.45) is 0.572. The maximum Gasteiger partial charge on any atom is 0.237 e. The Morgan fingerprint density at radius 2 is 1.78 bits per heavy atom. The molecule has 0 aromatic heterocycles. The van der Waals surface area contributed by atoms with Crippen molar-refractivity contribution in [2.24, 2.45) is 11.7 Å². The van der Waals surface area contributed by atoms with Gasteiger partial charge in [0.05, 0.1) is 18.1 Å². The van der Waals surface area contributed by atoms with Gasteiger partial charge in [0.2, 0.25) is 11.8 Å². The maximum atomic E-state index is 12.1. The lowest BCUT2D eigenvalue weighted by atomic mass is 9.90. The largest absolute Gasteiger partial charge is 0.368 e. The molecule has 0 radical (unpaired) electrons. The summed E-state index contributed by atoms with van der Waals surface area (Å²) < 4.78 is 0. The molecule has 0 aliphatic heterocycles. The van der Waals surface area contributed by atoms with Crippen molar-refractivity contribution in [3.8, 4) is 0 Å². The molecule has 1 aromatic rings. The Morgan fingerprint density at radius 3 is 2.26 bits per heavy atom. The number of nitrogens with two attached hydrogens (primary N) is 1. The van der Waals surface area contributed by atoms with Crippen molar-refractivity contribution in [1.29, 1.82) is 0 Å². The smallest absolute Gasteiger partial charge is 0.237 e. The molecule has 0 saturated carbocycles. The standard InChI is InChI=1S/C17H26ClN3O2/c1-11(2)9-17(4,16(19)23)20-10-15(22)21-12(3)13-5-7-14(18)8-6-13/h5-8,11-12,20H,9-10H2,1-4H3,(H2,19,23)(H,21,22)/t12-,17-/m0/s1. The molecule has 2 amide bonds. The number of hydrogen-bond acceptors (Lipinski definition) is 3. The molecule has 0 unspecified atom stereocenters. The number of primary amides is 1. The number of carbonyl (C=O) groups excluding carboxylic acids is 2. The van der Waals surface area contributed by atoms with Crippen LogP contribution in [0, 0.1) is 5.92 Å². The van der Waals surface area contributed by atoms with Gasteiger partial charge in [0.15, 0.2) is 0 Å². The molecule has 2 atom stereocenters. The molecule has 4 N–H and O–H groups in total. The first-order valence-electron chi connectivity index (χ1n) is 7.74. The maximum absolute atomic E-state index is 12.1. The minimum Gasteiger partial charge on any atom is -0.368 e. The zero-order chi connectivity index (χ0) is 17.6. The third-order valence-electron chi connectivity index (χ3n) is 3.75. The summed E-state index contributed by atoms with van der Waals surface area (Å²) in [5, 5.41) is 6.52. The molecule has 128 valence electrons. The van der Waals surface area contributed by atoms with E-state index in [0.29, 0.717) is 11.4 Å². The van der Waals surface area contributed by atoms with Gasteiger partial charge in [-0.25, -0.2) is 0 Å². The molecular formula is C17H26ClN3O2. The molecule has 0 bridgehead atoms. The molecular weight excluding hydrogens is 314 g/mol. The minimum absolute atomic E-state index is 0.0318. The van der Waals surface area contributed by atoms with Gasteiger partial charge < -0.3 is 11.1 Å². The average Bonchev–Trinajstić information content (AvgIpc) is 2.45. The molecule has 0 heterocycles. The molecule has 0 aliphatic rings. The van der Waals surface area contributed by atoms with Gasteiger partial charge in [0.25, 0.3) is 0 Å². The lowest BCUT2D eigenvalue weighted by Crippen LogP contribution is -2.56. The Hall–Kier alpha value is -1.59. The number of benzene rings is 1. The van der Waals surface area contributed by atoms with Crippen molar-refractivity contribution in [2.45, 2.75) is 45.7 Å². The summed E-state index contributed by atoms with van der Waals surface area (Å²) in [6, 6.07) is 7.15. The van der Waals surface area contributed by atoms with E-state index in [1.54, 1.807) is 19.1 Å². The lowest BCUT2D eigenvalue weighted by Gasteiger charge is -2.29. The Bertz CT molecular complexity index is 545. The summed E-state index contributed by atoms with van der Waals surface area (Å²) in [4.78, 5) is 23.8. The van der Waals surface area contributed by atoms with Crippen molar-refractivity contribution in [3.05, 3.63) is 34.9 Å². The topological polar surface area (TPSA) is 84.2 Å².